The second-order valence-electron chi connectivity index (χ2n) is 8.24. The summed E-state index contributed by atoms with van der Waals surface area (Å²) in [6.45, 7) is 0. The van der Waals surface area contributed by atoms with Crippen molar-refractivity contribution < 1.29 is 14.4 Å². The van der Waals surface area contributed by atoms with Gasteiger partial charge in [0.25, 0.3) is 0 Å². The van der Waals surface area contributed by atoms with Crippen LogP contribution >= 0.6 is 0 Å². The Balaban J connectivity index is 1.67. The molecule has 2 unspecified atom stereocenters. The normalized spacial score (nSPS) is 24.4. The number of fused-ring (bicyclic) bond motifs is 5. The first-order valence-electron chi connectivity index (χ1n) is 9.98. The number of Topliss-reactive ketones (excluding diaryl/α,β-unsaturated/α-hetero) is 1. The van der Waals surface area contributed by atoms with Crippen LogP contribution in [0.1, 0.15) is 72.3 Å². The van der Waals surface area contributed by atoms with E-state index in [1.54, 1.807) is 0 Å². The minimum atomic E-state index is -0.311. The zero-order chi connectivity index (χ0) is 19.0. The predicted molar refractivity (Wildman–Crippen MR) is 101 cm³/mol. The highest BCUT2D eigenvalue weighted by atomic mass is 16.5. The van der Waals surface area contributed by atoms with Crippen molar-refractivity contribution in [2.45, 2.75) is 63.0 Å². The zero-order valence-electron chi connectivity index (χ0n) is 15.4. The third-order valence-corrected chi connectivity index (χ3v) is 6.43. The maximum Gasteiger partial charge on any atom is 0.169 e. The minimum Gasteiger partial charge on any atom is -0.393 e. The van der Waals surface area contributed by atoms with Gasteiger partial charge in [-0.15, -0.1) is 0 Å². The molecule has 3 aliphatic carbocycles. The summed E-state index contributed by atoms with van der Waals surface area (Å²) in [6, 6.07) is 0.127. The zero-order valence-corrected chi connectivity index (χ0v) is 15.4. The van der Waals surface area contributed by atoms with Gasteiger partial charge in [0.15, 0.2) is 11.5 Å². The van der Waals surface area contributed by atoms with Crippen LogP contribution < -0.4 is 5.73 Å². The van der Waals surface area contributed by atoms with Crippen molar-refractivity contribution in [2.75, 3.05) is 5.73 Å². The molecule has 144 valence electrons. The topological polar surface area (TPSA) is 120 Å². The van der Waals surface area contributed by atoms with Crippen LogP contribution in [-0.2, 0) is 6.42 Å². The van der Waals surface area contributed by atoms with Crippen LogP contribution in [-0.4, -0.2) is 36.7 Å². The van der Waals surface area contributed by atoms with Gasteiger partial charge in [0.1, 0.15) is 23.5 Å². The average molecular weight is 379 g/mol. The molecule has 8 heteroatoms. The average Bonchev–Trinajstić information content (AvgIpc) is 3.18. The van der Waals surface area contributed by atoms with Crippen molar-refractivity contribution in [2.24, 2.45) is 0 Å². The molecular formula is C20H21N5O3. The van der Waals surface area contributed by atoms with Gasteiger partial charge in [-0.1, -0.05) is 5.16 Å². The van der Waals surface area contributed by atoms with Crippen molar-refractivity contribution in [3.63, 3.8) is 0 Å². The highest BCUT2D eigenvalue weighted by Gasteiger charge is 2.40. The maximum atomic E-state index is 13.0. The van der Waals surface area contributed by atoms with Crippen LogP contribution in [0.15, 0.2) is 10.9 Å². The van der Waals surface area contributed by atoms with Gasteiger partial charge in [0.2, 0.25) is 0 Å². The van der Waals surface area contributed by atoms with Crippen LogP contribution in [0.3, 0.4) is 0 Å². The first-order valence-corrected chi connectivity index (χ1v) is 9.98. The third kappa shape index (κ3) is 2.15. The third-order valence-electron chi connectivity index (χ3n) is 6.43. The van der Waals surface area contributed by atoms with Gasteiger partial charge in [0.05, 0.1) is 17.1 Å². The van der Waals surface area contributed by atoms with E-state index >= 15 is 0 Å². The summed E-state index contributed by atoms with van der Waals surface area (Å²) in [5.41, 5.74) is 10.1. The van der Waals surface area contributed by atoms with E-state index in [0.29, 0.717) is 42.3 Å². The molecule has 0 radical (unpaired) electrons. The molecule has 2 atom stereocenters. The molecular weight excluding hydrogens is 358 g/mol. The lowest BCUT2D eigenvalue weighted by Gasteiger charge is -2.17. The summed E-state index contributed by atoms with van der Waals surface area (Å²) in [5, 5.41) is 15.2. The van der Waals surface area contributed by atoms with Crippen molar-refractivity contribution in [3.8, 4) is 11.3 Å². The van der Waals surface area contributed by atoms with Gasteiger partial charge in [-0.05, 0) is 38.5 Å². The molecule has 0 saturated heterocycles. The molecule has 3 aromatic heterocycles. The number of nitrogen functional groups attached to an aromatic ring is 1. The maximum absolute atomic E-state index is 13.0. The van der Waals surface area contributed by atoms with E-state index in [1.165, 1.54) is 6.33 Å². The number of nitrogens with two attached hydrogens (primary N) is 1. The Morgan fingerprint density at radius 3 is 2.75 bits per heavy atom. The summed E-state index contributed by atoms with van der Waals surface area (Å²) in [4.78, 5) is 21.7. The second kappa shape index (κ2) is 5.64. The lowest BCUT2D eigenvalue weighted by Crippen LogP contribution is -2.12. The van der Waals surface area contributed by atoms with Crippen LogP contribution in [0.2, 0.25) is 0 Å². The van der Waals surface area contributed by atoms with Crippen LogP contribution in [0.5, 0.6) is 0 Å². The van der Waals surface area contributed by atoms with Crippen molar-refractivity contribution >= 4 is 22.6 Å². The Labute approximate surface area is 160 Å². The Bertz CT molecular complexity index is 1130. The van der Waals surface area contributed by atoms with Gasteiger partial charge in [-0.2, -0.15) is 0 Å². The molecule has 3 aliphatic rings. The van der Waals surface area contributed by atoms with Gasteiger partial charge >= 0.3 is 0 Å². The van der Waals surface area contributed by atoms with Crippen LogP contribution in [0.4, 0.5) is 5.82 Å². The number of aliphatic hydroxyl groups is 1. The quantitative estimate of drug-likeness (QED) is 0.702. The molecule has 0 spiro atoms. The molecule has 0 aliphatic heterocycles. The van der Waals surface area contributed by atoms with Gasteiger partial charge in [-0.25, -0.2) is 9.97 Å². The number of aliphatic hydroxyl groups excluding tert-OH is 1. The van der Waals surface area contributed by atoms with E-state index in [1.807, 2.05) is 0 Å². The van der Waals surface area contributed by atoms with E-state index in [2.05, 4.69) is 19.7 Å². The molecule has 0 amide bonds. The molecule has 0 bridgehead atoms. The molecule has 2 saturated carbocycles. The highest BCUT2D eigenvalue weighted by molar-refractivity contribution is 6.10. The summed E-state index contributed by atoms with van der Waals surface area (Å²) in [7, 11) is 0. The summed E-state index contributed by atoms with van der Waals surface area (Å²) < 4.78 is 7.84. The summed E-state index contributed by atoms with van der Waals surface area (Å²) >= 11 is 0. The van der Waals surface area contributed by atoms with Gasteiger partial charge in [0, 0.05) is 29.6 Å². The first kappa shape index (κ1) is 16.2. The van der Waals surface area contributed by atoms with Crippen molar-refractivity contribution in [3.05, 3.63) is 23.3 Å². The molecule has 3 heterocycles. The second-order valence-corrected chi connectivity index (χ2v) is 8.24. The first-order chi connectivity index (χ1) is 13.6. The summed E-state index contributed by atoms with van der Waals surface area (Å²) in [6.07, 6.45) is 6.54. The number of ketones is 1. The Morgan fingerprint density at radius 1 is 1.14 bits per heavy atom. The fourth-order valence-electron chi connectivity index (χ4n) is 4.99. The van der Waals surface area contributed by atoms with Gasteiger partial charge in [-0.3, -0.25) is 4.79 Å². The Morgan fingerprint density at radius 2 is 2.00 bits per heavy atom. The standard InChI is InChI=1S/C20H21N5O3/c21-19-16-14-12(25(20(16)23-8-22-19)10-3-4-11(26)7-10)5-6-13(27)15-17(14)24-28-18(15)9-1-2-9/h8-11,26H,1-7H2,(H2,21,22,23). The number of hydrogen-bond acceptors (Lipinski definition) is 7. The lowest BCUT2D eigenvalue weighted by atomic mass is 10.0. The highest BCUT2D eigenvalue weighted by Crippen LogP contribution is 2.49. The molecule has 28 heavy (non-hydrogen) atoms. The molecule has 3 N–H and O–H groups in total. The van der Waals surface area contributed by atoms with Crippen molar-refractivity contribution in [1.82, 2.24) is 19.7 Å². The molecule has 6 rings (SSSR count). The molecule has 2 fully saturated rings. The molecule has 0 aromatic carbocycles. The number of nitrogens with zero attached hydrogens (tertiary/aromatic N) is 4. The largest absolute Gasteiger partial charge is 0.393 e. The van der Waals surface area contributed by atoms with E-state index < -0.39 is 0 Å². The van der Waals surface area contributed by atoms with E-state index in [4.69, 9.17) is 10.3 Å². The van der Waals surface area contributed by atoms with E-state index in [0.717, 1.165) is 53.7 Å². The summed E-state index contributed by atoms with van der Waals surface area (Å²) in [5.74, 6) is 1.49. The number of anilines is 1. The van der Waals surface area contributed by atoms with E-state index in [9.17, 15) is 9.90 Å². The fraction of sp³-hybridized carbons (Fsp3) is 0.500. The SMILES string of the molecule is Nc1ncnc2c1c1c(n2C2CCC(O)C2)CCC(=O)c2c-1noc2C1CC1. The van der Waals surface area contributed by atoms with Crippen LogP contribution in [0.25, 0.3) is 22.3 Å². The Hall–Kier alpha value is -2.74. The smallest absolute Gasteiger partial charge is 0.169 e. The number of hydrogen-bond donors (Lipinski definition) is 2. The van der Waals surface area contributed by atoms with Crippen molar-refractivity contribution in [1.29, 1.82) is 0 Å². The predicted octanol–water partition coefficient (Wildman–Crippen LogP) is 2.76. The van der Waals surface area contributed by atoms with Gasteiger partial charge < -0.3 is 19.9 Å². The molecule has 3 aromatic rings. The molecule has 8 nitrogen and oxygen atoms in total. The number of rotatable bonds is 2. The monoisotopic (exact) mass is 379 g/mol. The number of carbonyl (C=O) groups is 1. The number of carbonyl (C=O) groups excluding carboxylic acids is 1. The van der Waals surface area contributed by atoms with Crippen LogP contribution in [0, 0.1) is 0 Å². The Kier molecular flexibility index (Phi) is 3.27. The minimum absolute atomic E-state index is 0.0796. The van der Waals surface area contributed by atoms with E-state index in [-0.39, 0.29) is 17.9 Å². The number of aromatic nitrogens is 4. The fourth-order valence-corrected chi connectivity index (χ4v) is 4.99. The lowest BCUT2D eigenvalue weighted by molar-refractivity contribution is 0.0981.